The Morgan fingerprint density at radius 3 is 2.74 bits per heavy atom. The Balaban J connectivity index is 0.00000341. The number of halogens is 1. The lowest BCUT2D eigenvalue weighted by atomic mass is 10.2. The molecule has 1 unspecified atom stereocenters. The van der Waals surface area contributed by atoms with Crippen molar-refractivity contribution in [3.63, 3.8) is 0 Å². The minimum atomic E-state index is 0. The molecule has 0 radical (unpaired) electrons. The molecule has 0 fully saturated rings. The average molecular weight is 555 g/mol. The second-order valence-corrected chi connectivity index (χ2v) is 7.71. The van der Waals surface area contributed by atoms with Crippen molar-refractivity contribution in [2.45, 2.75) is 39.3 Å². The van der Waals surface area contributed by atoms with Gasteiger partial charge in [0.15, 0.2) is 5.96 Å². The first kappa shape index (κ1) is 25.1. The van der Waals surface area contributed by atoms with Crippen LogP contribution in [0, 0.1) is 0 Å². The summed E-state index contributed by atoms with van der Waals surface area (Å²) in [5.74, 6) is 2.64. The van der Waals surface area contributed by atoms with Crippen molar-refractivity contribution in [2.24, 2.45) is 4.99 Å². The molecule has 9 heteroatoms. The quantitative estimate of drug-likeness (QED) is 0.160. The Morgan fingerprint density at radius 2 is 2.03 bits per heavy atom. The summed E-state index contributed by atoms with van der Waals surface area (Å²) in [6, 6.07) is 14.3. The highest BCUT2D eigenvalue weighted by molar-refractivity contribution is 14.0. The maximum atomic E-state index is 5.79. The molecule has 0 amide bonds. The summed E-state index contributed by atoms with van der Waals surface area (Å²) in [6.07, 6.45) is 3.61. The molecule has 0 spiro atoms. The first-order valence-electron chi connectivity index (χ1n) is 10.4. The molecule has 3 aromatic rings. The van der Waals surface area contributed by atoms with Crippen LogP contribution in [0.25, 0.3) is 0 Å². The van der Waals surface area contributed by atoms with Gasteiger partial charge in [-0.25, -0.2) is 0 Å². The number of para-hydroxylation sites is 1. The van der Waals surface area contributed by atoms with Gasteiger partial charge in [0.2, 0.25) is 0 Å². The number of aliphatic imine (C=N–C) groups is 1. The van der Waals surface area contributed by atoms with E-state index in [0.29, 0.717) is 19.7 Å². The summed E-state index contributed by atoms with van der Waals surface area (Å²) in [6.45, 7) is 6.87. The van der Waals surface area contributed by atoms with Crippen molar-refractivity contribution in [3.05, 3.63) is 64.9 Å². The highest BCUT2D eigenvalue weighted by Gasteiger charge is 2.12. The first-order chi connectivity index (χ1) is 14.8. The van der Waals surface area contributed by atoms with Crippen LogP contribution in [0.15, 0.2) is 59.2 Å². The molecule has 7 nitrogen and oxygen atoms in total. The van der Waals surface area contributed by atoms with Gasteiger partial charge in [-0.1, -0.05) is 38.1 Å². The minimum absolute atomic E-state index is 0. The van der Waals surface area contributed by atoms with Gasteiger partial charge in [0.1, 0.15) is 24.5 Å². The molecule has 31 heavy (non-hydrogen) atoms. The number of guanidine groups is 1. The topological polar surface area (TPSA) is 76.4 Å². The first-order valence-corrected chi connectivity index (χ1v) is 11.3. The van der Waals surface area contributed by atoms with Crippen LogP contribution in [0.5, 0.6) is 5.75 Å². The Bertz CT molecular complexity index is 885. The van der Waals surface area contributed by atoms with Crippen molar-refractivity contribution in [1.82, 2.24) is 25.4 Å². The van der Waals surface area contributed by atoms with E-state index in [1.807, 2.05) is 30.3 Å². The second kappa shape index (κ2) is 14.0. The maximum Gasteiger partial charge on any atom is 0.191 e. The molecule has 0 saturated heterocycles. The number of aromatic nitrogens is 3. The van der Waals surface area contributed by atoms with Crippen molar-refractivity contribution in [1.29, 1.82) is 0 Å². The zero-order valence-corrected chi connectivity index (χ0v) is 21.2. The lowest BCUT2D eigenvalue weighted by Gasteiger charge is -2.20. The molecule has 2 N–H and O–H groups in total. The van der Waals surface area contributed by atoms with Gasteiger partial charge in [-0.05, 0) is 30.0 Å². The van der Waals surface area contributed by atoms with Crippen LogP contribution in [0.4, 0.5) is 0 Å². The summed E-state index contributed by atoms with van der Waals surface area (Å²) in [7, 11) is 0. The Kier molecular flexibility index (Phi) is 11.4. The standard InChI is InChI=1S/C22H30N6OS.HI/c1-3-19(20-11-8-16-30-20)26-22(23-12-14-28-17-25-27-21(28)4-2)24-13-15-29-18-9-6-5-7-10-18;/h5-11,16-17,19H,3-4,12-15H2,1-2H3,(H2,23,24,26);1H. The molecule has 3 rings (SSSR count). The van der Waals surface area contributed by atoms with E-state index in [2.05, 4.69) is 56.8 Å². The predicted octanol–water partition coefficient (Wildman–Crippen LogP) is 4.29. The van der Waals surface area contributed by atoms with Gasteiger partial charge in [0.05, 0.1) is 19.1 Å². The van der Waals surface area contributed by atoms with Crippen molar-refractivity contribution >= 4 is 41.3 Å². The third kappa shape index (κ3) is 8.13. The number of hydrogen-bond donors (Lipinski definition) is 2. The van der Waals surface area contributed by atoms with Crippen LogP contribution in [0.2, 0.25) is 0 Å². The van der Waals surface area contributed by atoms with Gasteiger partial charge in [-0.15, -0.1) is 45.5 Å². The molecule has 0 aliphatic heterocycles. The van der Waals surface area contributed by atoms with Gasteiger partial charge < -0.3 is 19.9 Å². The van der Waals surface area contributed by atoms with Crippen molar-refractivity contribution in [3.8, 4) is 5.75 Å². The van der Waals surface area contributed by atoms with Crippen molar-refractivity contribution in [2.75, 3.05) is 19.7 Å². The van der Waals surface area contributed by atoms with Crippen LogP contribution in [0.1, 0.15) is 37.0 Å². The summed E-state index contributed by atoms with van der Waals surface area (Å²) >= 11 is 1.76. The van der Waals surface area contributed by atoms with Crippen LogP contribution >= 0.6 is 35.3 Å². The lowest BCUT2D eigenvalue weighted by molar-refractivity contribution is 0.321. The molecule has 0 bridgehead atoms. The van der Waals surface area contributed by atoms with Gasteiger partial charge in [0, 0.05) is 17.8 Å². The van der Waals surface area contributed by atoms with E-state index < -0.39 is 0 Å². The smallest absolute Gasteiger partial charge is 0.191 e. The molecule has 168 valence electrons. The highest BCUT2D eigenvalue weighted by atomic mass is 127. The fraction of sp³-hybridized carbons (Fsp3) is 0.409. The number of thiophene rings is 1. The number of aryl methyl sites for hydroxylation is 1. The van der Waals surface area contributed by atoms with Crippen molar-refractivity contribution < 1.29 is 4.74 Å². The van der Waals surface area contributed by atoms with E-state index in [0.717, 1.165) is 36.9 Å². The Morgan fingerprint density at radius 1 is 1.19 bits per heavy atom. The van der Waals surface area contributed by atoms with Crippen LogP contribution in [-0.4, -0.2) is 40.4 Å². The molecule has 0 aliphatic carbocycles. The van der Waals surface area contributed by atoms with E-state index in [4.69, 9.17) is 9.73 Å². The number of ether oxygens (including phenoxy) is 1. The molecule has 0 saturated carbocycles. The summed E-state index contributed by atoms with van der Waals surface area (Å²) < 4.78 is 7.84. The molecule has 1 atom stereocenters. The molecular weight excluding hydrogens is 523 g/mol. The lowest BCUT2D eigenvalue weighted by Crippen LogP contribution is -2.41. The minimum Gasteiger partial charge on any atom is -0.492 e. The van der Waals surface area contributed by atoms with E-state index in [-0.39, 0.29) is 30.0 Å². The number of rotatable bonds is 11. The maximum absolute atomic E-state index is 5.79. The van der Waals surface area contributed by atoms with E-state index in [9.17, 15) is 0 Å². The average Bonchev–Trinajstić information content (AvgIpc) is 3.47. The molecule has 2 heterocycles. The highest BCUT2D eigenvalue weighted by Crippen LogP contribution is 2.21. The normalized spacial score (nSPS) is 12.1. The summed E-state index contributed by atoms with van der Waals surface area (Å²) in [4.78, 5) is 6.09. The van der Waals surface area contributed by atoms with Gasteiger partial charge in [-0.3, -0.25) is 4.99 Å². The largest absolute Gasteiger partial charge is 0.492 e. The molecule has 2 aromatic heterocycles. The van der Waals surface area contributed by atoms with Crippen LogP contribution < -0.4 is 15.4 Å². The van der Waals surface area contributed by atoms with Crippen LogP contribution in [-0.2, 0) is 13.0 Å². The number of nitrogens with zero attached hydrogens (tertiary/aromatic N) is 4. The fourth-order valence-corrected chi connectivity index (χ4v) is 3.91. The van der Waals surface area contributed by atoms with Crippen LogP contribution in [0.3, 0.4) is 0 Å². The monoisotopic (exact) mass is 554 g/mol. The Labute approximate surface area is 205 Å². The second-order valence-electron chi connectivity index (χ2n) is 6.73. The summed E-state index contributed by atoms with van der Waals surface area (Å²) in [5, 5.41) is 17.2. The zero-order valence-electron chi connectivity index (χ0n) is 18.0. The molecular formula is C22H31IN6OS. The SMILES string of the molecule is CCc1nncn1CCN=C(NCCOc1ccccc1)NC(CC)c1cccs1.I. The number of nitrogens with one attached hydrogen (secondary N) is 2. The Hall–Kier alpha value is -2.14. The zero-order chi connectivity index (χ0) is 21.0. The number of benzene rings is 1. The third-order valence-electron chi connectivity index (χ3n) is 4.64. The molecule has 1 aromatic carbocycles. The van der Waals surface area contributed by atoms with E-state index in [1.54, 1.807) is 17.7 Å². The third-order valence-corrected chi connectivity index (χ3v) is 5.62. The van der Waals surface area contributed by atoms with Gasteiger partial charge in [-0.2, -0.15) is 0 Å². The van der Waals surface area contributed by atoms with E-state index in [1.165, 1.54) is 4.88 Å². The summed E-state index contributed by atoms with van der Waals surface area (Å²) in [5.41, 5.74) is 0. The molecule has 0 aliphatic rings. The fourth-order valence-electron chi connectivity index (χ4n) is 3.05. The predicted molar refractivity (Wildman–Crippen MR) is 138 cm³/mol. The number of hydrogen-bond acceptors (Lipinski definition) is 5. The van der Waals surface area contributed by atoms with E-state index >= 15 is 0 Å². The van der Waals surface area contributed by atoms with Gasteiger partial charge in [0.25, 0.3) is 0 Å². The van der Waals surface area contributed by atoms with Gasteiger partial charge >= 0.3 is 0 Å².